The maximum atomic E-state index is 13.4. The van der Waals surface area contributed by atoms with E-state index in [-0.39, 0.29) is 11.3 Å². The molecule has 2 aliphatic heterocycles. The van der Waals surface area contributed by atoms with Crippen LogP contribution in [-0.2, 0) is 6.42 Å². The maximum Gasteiger partial charge on any atom is 0.253 e. The van der Waals surface area contributed by atoms with Crippen LogP contribution in [0.2, 0.25) is 0 Å². The molecule has 2 aliphatic rings. The van der Waals surface area contributed by atoms with Gasteiger partial charge in [-0.15, -0.1) is 0 Å². The molecule has 5 rings (SSSR count). The Morgan fingerprint density at radius 2 is 1.86 bits per heavy atom. The van der Waals surface area contributed by atoms with E-state index < -0.39 is 0 Å². The molecule has 1 spiro atoms. The number of carbonyl (C=O) groups excluding carboxylic acids is 1. The zero-order chi connectivity index (χ0) is 25.0. The van der Waals surface area contributed by atoms with Crippen molar-refractivity contribution >= 4 is 16.8 Å². The zero-order valence-corrected chi connectivity index (χ0v) is 22.0. The van der Waals surface area contributed by atoms with Crippen molar-refractivity contribution in [2.75, 3.05) is 39.3 Å². The fraction of sp³-hybridized carbons (Fsp3) is 0.516. The molecular weight excluding hydrogens is 446 g/mol. The number of hydrogen-bond donors (Lipinski definition) is 1. The molecule has 192 valence electrons. The van der Waals surface area contributed by atoms with Gasteiger partial charge in [0.1, 0.15) is 12.4 Å². The van der Waals surface area contributed by atoms with Crippen LogP contribution in [0.5, 0.6) is 5.75 Å². The van der Waals surface area contributed by atoms with Gasteiger partial charge in [-0.25, -0.2) is 0 Å². The Morgan fingerprint density at radius 1 is 1.03 bits per heavy atom. The van der Waals surface area contributed by atoms with Crippen molar-refractivity contribution in [3.63, 3.8) is 0 Å². The molecule has 5 heteroatoms. The summed E-state index contributed by atoms with van der Waals surface area (Å²) in [6.07, 6.45) is 8.82. The number of hydrogen-bond acceptors (Lipinski definition) is 3. The molecule has 0 saturated carbocycles. The fourth-order valence-corrected chi connectivity index (χ4v) is 6.22. The molecule has 0 aliphatic carbocycles. The number of ether oxygens (including phenoxy) is 1. The highest BCUT2D eigenvalue weighted by atomic mass is 16.5. The number of rotatable bonds is 3. The second-order valence-electron chi connectivity index (χ2n) is 11.4. The molecule has 1 aromatic heterocycles. The Balaban J connectivity index is 1.29. The van der Waals surface area contributed by atoms with Gasteiger partial charge in [0.25, 0.3) is 5.91 Å². The second-order valence-corrected chi connectivity index (χ2v) is 11.4. The number of carbonyl (C=O) groups is 1. The van der Waals surface area contributed by atoms with E-state index in [0.717, 1.165) is 80.8 Å². The van der Waals surface area contributed by atoms with Gasteiger partial charge < -0.3 is 14.6 Å². The van der Waals surface area contributed by atoms with Crippen LogP contribution in [-0.4, -0.2) is 60.0 Å². The summed E-state index contributed by atoms with van der Waals surface area (Å²) in [7, 11) is 0. The van der Waals surface area contributed by atoms with Gasteiger partial charge in [0.2, 0.25) is 0 Å². The van der Waals surface area contributed by atoms with Crippen molar-refractivity contribution in [3.8, 4) is 5.75 Å². The number of para-hydroxylation sites is 1. The van der Waals surface area contributed by atoms with Gasteiger partial charge >= 0.3 is 0 Å². The topological polar surface area (TPSA) is 48.6 Å². The minimum atomic E-state index is 0.171. The number of fused-ring (bicyclic) bond motifs is 2. The summed E-state index contributed by atoms with van der Waals surface area (Å²) in [6.45, 7) is 10.2. The van der Waals surface area contributed by atoms with E-state index in [1.807, 2.05) is 30.5 Å². The Bertz CT molecular complexity index is 1160. The van der Waals surface area contributed by atoms with Gasteiger partial charge in [0, 0.05) is 55.4 Å². The molecule has 5 nitrogen and oxygen atoms in total. The number of piperidine rings is 1. The van der Waals surface area contributed by atoms with Gasteiger partial charge in [0.05, 0.1) is 0 Å². The highest BCUT2D eigenvalue weighted by Crippen LogP contribution is 2.39. The van der Waals surface area contributed by atoms with E-state index in [9.17, 15) is 4.79 Å². The number of aromatic nitrogens is 1. The zero-order valence-electron chi connectivity index (χ0n) is 22.0. The molecule has 1 amide bonds. The Kier molecular flexibility index (Phi) is 7.66. The van der Waals surface area contributed by atoms with Crippen molar-refractivity contribution in [1.82, 2.24) is 14.8 Å². The first-order valence-corrected chi connectivity index (χ1v) is 13.8. The smallest absolute Gasteiger partial charge is 0.253 e. The average molecular weight is 488 g/mol. The van der Waals surface area contributed by atoms with Crippen molar-refractivity contribution in [3.05, 3.63) is 65.9 Å². The lowest BCUT2D eigenvalue weighted by Crippen LogP contribution is -2.49. The molecule has 1 N–H and O–H groups in total. The first kappa shape index (κ1) is 24.9. The quantitative estimate of drug-likeness (QED) is 0.482. The summed E-state index contributed by atoms with van der Waals surface area (Å²) in [5.41, 5.74) is 3.49. The van der Waals surface area contributed by atoms with Crippen LogP contribution in [0, 0.1) is 11.3 Å². The van der Waals surface area contributed by atoms with E-state index in [1.165, 1.54) is 24.8 Å². The van der Waals surface area contributed by atoms with Gasteiger partial charge in [-0.1, -0.05) is 38.5 Å². The molecule has 0 unspecified atom stereocenters. The molecule has 3 heterocycles. The maximum absolute atomic E-state index is 13.4. The predicted molar refractivity (Wildman–Crippen MR) is 147 cm³/mol. The summed E-state index contributed by atoms with van der Waals surface area (Å²) in [6, 6.07) is 16.6. The Labute approximate surface area is 215 Å². The third kappa shape index (κ3) is 5.78. The fourth-order valence-electron chi connectivity index (χ4n) is 6.22. The summed E-state index contributed by atoms with van der Waals surface area (Å²) in [5.74, 6) is 1.85. The average Bonchev–Trinajstić information content (AvgIpc) is 3.34. The van der Waals surface area contributed by atoms with Crippen LogP contribution >= 0.6 is 0 Å². The molecule has 1 fully saturated rings. The van der Waals surface area contributed by atoms with E-state index in [4.69, 9.17) is 4.74 Å². The van der Waals surface area contributed by atoms with Crippen LogP contribution in [0.15, 0.2) is 54.7 Å². The van der Waals surface area contributed by atoms with Crippen LogP contribution in [0.25, 0.3) is 10.9 Å². The first-order valence-electron chi connectivity index (χ1n) is 13.8. The Morgan fingerprint density at radius 3 is 2.69 bits per heavy atom. The van der Waals surface area contributed by atoms with Gasteiger partial charge in [0.15, 0.2) is 0 Å². The first-order chi connectivity index (χ1) is 17.5. The number of nitrogens with one attached hydrogen (secondary N) is 1. The molecule has 2 aromatic carbocycles. The van der Waals surface area contributed by atoms with E-state index in [2.05, 4.69) is 52.9 Å². The van der Waals surface area contributed by atoms with Gasteiger partial charge in [-0.2, -0.15) is 0 Å². The molecule has 1 saturated heterocycles. The second kappa shape index (κ2) is 11.1. The molecule has 0 bridgehead atoms. The Hall–Kier alpha value is -2.79. The summed E-state index contributed by atoms with van der Waals surface area (Å²) in [4.78, 5) is 21.3. The number of benzene rings is 2. The van der Waals surface area contributed by atoms with Crippen LogP contribution < -0.4 is 4.74 Å². The van der Waals surface area contributed by atoms with Gasteiger partial charge in [-0.3, -0.25) is 9.69 Å². The van der Waals surface area contributed by atoms with E-state index >= 15 is 0 Å². The number of nitrogens with zero attached hydrogens (tertiary/aromatic N) is 2. The lowest BCUT2D eigenvalue weighted by molar-refractivity contribution is 0.0355. The van der Waals surface area contributed by atoms with Crippen LogP contribution in [0.4, 0.5) is 0 Å². The third-order valence-corrected chi connectivity index (χ3v) is 8.13. The minimum absolute atomic E-state index is 0.171. The number of likely N-dealkylation sites (tertiary alicyclic amines) is 1. The van der Waals surface area contributed by atoms with E-state index in [1.54, 1.807) is 0 Å². The predicted octanol–water partition coefficient (Wildman–Crippen LogP) is 6.15. The largest absolute Gasteiger partial charge is 0.492 e. The number of aromatic amines is 1. The summed E-state index contributed by atoms with van der Waals surface area (Å²) in [5, 5.41) is 1.10. The highest BCUT2D eigenvalue weighted by molar-refractivity contribution is 5.98. The van der Waals surface area contributed by atoms with Crippen molar-refractivity contribution in [1.29, 1.82) is 0 Å². The van der Waals surface area contributed by atoms with Crippen LogP contribution in [0.1, 0.15) is 61.9 Å². The van der Waals surface area contributed by atoms with Gasteiger partial charge in [-0.05, 0) is 79.3 Å². The van der Waals surface area contributed by atoms with E-state index in [0.29, 0.717) is 5.92 Å². The summed E-state index contributed by atoms with van der Waals surface area (Å²) >= 11 is 0. The lowest BCUT2D eigenvalue weighted by Gasteiger charge is -2.45. The SMILES string of the molecule is CC(C)CN1CCOc2ccccc2CCCCC2(CCN(C(=O)c3ccc4[nH]ccc4c3)CC2)C1. The molecule has 0 atom stereocenters. The molecule has 0 radical (unpaired) electrons. The molecule has 36 heavy (non-hydrogen) atoms. The molecule has 3 aromatic rings. The van der Waals surface area contributed by atoms with Crippen molar-refractivity contribution in [2.45, 2.75) is 52.4 Å². The number of aryl methyl sites for hydroxylation is 1. The van der Waals surface area contributed by atoms with Crippen molar-refractivity contribution < 1.29 is 9.53 Å². The standard InChI is InChI=1S/C31H41N3O2/c1-24(2)22-33-19-20-36-29-9-4-3-7-25(29)8-5-6-13-31(23-33)14-17-34(18-15-31)30(35)27-10-11-28-26(21-27)12-16-32-28/h3-4,7,9-12,16,21,24,32H,5-6,8,13-15,17-20,22-23H2,1-2H3. The third-order valence-electron chi connectivity index (χ3n) is 8.13. The lowest BCUT2D eigenvalue weighted by atomic mass is 9.73. The summed E-state index contributed by atoms with van der Waals surface area (Å²) < 4.78 is 6.27. The van der Waals surface area contributed by atoms with Crippen molar-refractivity contribution in [2.24, 2.45) is 11.3 Å². The monoisotopic (exact) mass is 487 g/mol. The number of amides is 1. The van der Waals surface area contributed by atoms with Crippen LogP contribution in [0.3, 0.4) is 0 Å². The number of H-pyrrole nitrogens is 1. The highest BCUT2D eigenvalue weighted by Gasteiger charge is 2.37. The minimum Gasteiger partial charge on any atom is -0.492 e. The normalized spacial score (nSPS) is 19.5. The molecular formula is C31H41N3O2.